The minimum atomic E-state index is -0.563. The Morgan fingerprint density at radius 1 is 1.18 bits per heavy atom. The maximum absolute atomic E-state index is 12.1. The van der Waals surface area contributed by atoms with E-state index in [-0.39, 0.29) is 5.91 Å². The van der Waals surface area contributed by atoms with Crippen LogP contribution in [0.15, 0.2) is 54.9 Å². The summed E-state index contributed by atoms with van der Waals surface area (Å²) >= 11 is 0. The number of nitrogens with zero attached hydrogens (tertiary/aromatic N) is 1. The molecule has 1 amide bonds. The Kier molecular flexibility index (Phi) is 6.39. The summed E-state index contributed by atoms with van der Waals surface area (Å²) in [4.78, 5) is 16.2. The number of carbonyl (C=O) groups excluding carboxylic acids is 1. The fraction of sp³-hybridized carbons (Fsp3) is 0.294. The molecule has 1 heterocycles. The third kappa shape index (κ3) is 4.86. The lowest BCUT2D eigenvalue weighted by Crippen LogP contribution is -2.31. The minimum absolute atomic E-state index is 0.116. The number of amides is 1. The Balaban J connectivity index is 1.71. The summed E-state index contributed by atoms with van der Waals surface area (Å²) in [5.41, 5.74) is 1.84. The maximum Gasteiger partial charge on any atom is 0.253 e. The van der Waals surface area contributed by atoms with Crippen LogP contribution in [0.1, 0.15) is 18.1 Å². The first-order valence-corrected chi connectivity index (χ1v) is 7.30. The van der Waals surface area contributed by atoms with Crippen molar-refractivity contribution in [2.45, 2.75) is 12.5 Å². The molecule has 0 saturated heterocycles. The zero-order valence-electron chi connectivity index (χ0n) is 12.7. The molecule has 0 bridgehead atoms. The van der Waals surface area contributed by atoms with Crippen molar-refractivity contribution in [1.29, 1.82) is 0 Å². The third-order valence-electron chi connectivity index (χ3n) is 3.22. The van der Waals surface area contributed by atoms with Gasteiger partial charge in [0.25, 0.3) is 5.91 Å². The van der Waals surface area contributed by atoms with Crippen LogP contribution < -0.4 is 10.6 Å². The van der Waals surface area contributed by atoms with E-state index >= 15 is 0 Å². The molecule has 0 aliphatic rings. The lowest BCUT2D eigenvalue weighted by Gasteiger charge is -2.15. The molecule has 0 aliphatic carbocycles. The molecule has 2 aromatic rings. The predicted molar refractivity (Wildman–Crippen MR) is 86.5 cm³/mol. The molecule has 22 heavy (non-hydrogen) atoms. The van der Waals surface area contributed by atoms with E-state index in [0.29, 0.717) is 6.54 Å². The van der Waals surface area contributed by atoms with Gasteiger partial charge in [-0.2, -0.15) is 0 Å². The van der Waals surface area contributed by atoms with Crippen molar-refractivity contribution in [2.24, 2.45) is 0 Å². The number of pyridine rings is 1. The summed E-state index contributed by atoms with van der Waals surface area (Å²) in [6, 6.07) is 13.3. The van der Waals surface area contributed by atoms with E-state index in [9.17, 15) is 4.79 Å². The van der Waals surface area contributed by atoms with Gasteiger partial charge >= 0.3 is 0 Å². The summed E-state index contributed by atoms with van der Waals surface area (Å²) in [6.07, 6.45) is 3.77. The fourth-order valence-corrected chi connectivity index (χ4v) is 2.12. The van der Waals surface area contributed by atoms with Crippen molar-refractivity contribution in [3.63, 3.8) is 0 Å². The second-order valence-corrected chi connectivity index (χ2v) is 4.84. The van der Waals surface area contributed by atoms with Crippen LogP contribution in [0.3, 0.4) is 0 Å². The normalized spacial score (nSPS) is 11.7. The first-order chi connectivity index (χ1) is 10.8. The monoisotopic (exact) mass is 299 g/mol. The van der Waals surface area contributed by atoms with Crippen molar-refractivity contribution in [1.82, 2.24) is 10.3 Å². The van der Waals surface area contributed by atoms with E-state index in [1.54, 1.807) is 19.5 Å². The molecular formula is C17H21N3O2. The summed E-state index contributed by atoms with van der Waals surface area (Å²) in [5.74, 6) is -0.116. The average Bonchev–Trinajstić information content (AvgIpc) is 2.57. The van der Waals surface area contributed by atoms with E-state index in [0.717, 1.165) is 24.2 Å². The predicted octanol–water partition coefficient (Wildman–Crippen LogP) is 2.39. The fourth-order valence-electron chi connectivity index (χ4n) is 2.12. The smallest absolute Gasteiger partial charge is 0.253 e. The first-order valence-electron chi connectivity index (χ1n) is 7.30. The van der Waals surface area contributed by atoms with Gasteiger partial charge in [-0.15, -0.1) is 0 Å². The molecule has 0 spiro atoms. The Hall–Kier alpha value is -2.40. The minimum Gasteiger partial charge on any atom is -0.384 e. The van der Waals surface area contributed by atoms with Gasteiger partial charge in [0.05, 0.1) is 5.69 Å². The van der Waals surface area contributed by atoms with Gasteiger partial charge in [0, 0.05) is 32.6 Å². The van der Waals surface area contributed by atoms with Gasteiger partial charge in [-0.1, -0.05) is 30.3 Å². The number of ether oxygens (including phenoxy) is 1. The van der Waals surface area contributed by atoms with Crippen molar-refractivity contribution in [2.75, 3.05) is 25.5 Å². The summed E-state index contributed by atoms with van der Waals surface area (Å²) in [6.45, 7) is 1.37. The number of aromatic nitrogens is 1. The van der Waals surface area contributed by atoms with Gasteiger partial charge in [0.2, 0.25) is 0 Å². The zero-order valence-corrected chi connectivity index (χ0v) is 12.7. The quantitative estimate of drug-likeness (QED) is 0.735. The summed E-state index contributed by atoms with van der Waals surface area (Å²) < 4.78 is 5.29. The lowest BCUT2D eigenvalue weighted by atomic mass is 10.1. The van der Waals surface area contributed by atoms with E-state index in [4.69, 9.17) is 4.74 Å². The maximum atomic E-state index is 12.1. The third-order valence-corrected chi connectivity index (χ3v) is 3.22. The van der Waals surface area contributed by atoms with Gasteiger partial charge in [-0.25, -0.2) is 0 Å². The van der Waals surface area contributed by atoms with E-state index in [1.165, 1.54) is 0 Å². The number of nitrogens with one attached hydrogen (secondary N) is 2. The van der Waals surface area contributed by atoms with Gasteiger partial charge in [0.15, 0.2) is 6.10 Å². The Bertz CT molecular complexity index is 561. The van der Waals surface area contributed by atoms with Crippen molar-refractivity contribution in [3.05, 3.63) is 60.4 Å². The van der Waals surface area contributed by atoms with Crippen molar-refractivity contribution >= 4 is 11.6 Å². The van der Waals surface area contributed by atoms with Gasteiger partial charge in [-0.3, -0.25) is 9.78 Å². The van der Waals surface area contributed by atoms with Crippen LogP contribution in [0, 0.1) is 0 Å². The van der Waals surface area contributed by atoms with E-state index in [2.05, 4.69) is 15.6 Å². The number of anilines is 1. The highest BCUT2D eigenvalue weighted by molar-refractivity contribution is 5.82. The van der Waals surface area contributed by atoms with Gasteiger partial charge < -0.3 is 15.4 Å². The molecule has 5 heteroatoms. The Labute approximate surface area is 130 Å². The molecule has 1 aromatic heterocycles. The van der Waals surface area contributed by atoms with Gasteiger partial charge in [0.1, 0.15) is 0 Å². The number of rotatable bonds is 8. The molecule has 0 saturated carbocycles. The molecular weight excluding hydrogens is 278 g/mol. The second kappa shape index (κ2) is 8.79. The highest BCUT2D eigenvalue weighted by Gasteiger charge is 2.18. The molecule has 0 fully saturated rings. The second-order valence-electron chi connectivity index (χ2n) is 4.84. The molecule has 2 rings (SSSR count). The molecule has 0 radical (unpaired) electrons. The molecule has 1 aromatic carbocycles. The zero-order chi connectivity index (χ0) is 15.6. The van der Waals surface area contributed by atoms with Gasteiger partial charge in [-0.05, 0) is 24.1 Å². The summed E-state index contributed by atoms with van der Waals surface area (Å²) in [5, 5.41) is 6.15. The van der Waals surface area contributed by atoms with Crippen LogP contribution in [0.4, 0.5) is 5.69 Å². The number of carbonyl (C=O) groups is 1. The molecule has 116 valence electrons. The SMILES string of the molecule is COC(C(=O)NCCCNc1cccnc1)c1ccccc1. The Morgan fingerprint density at radius 2 is 2.00 bits per heavy atom. The average molecular weight is 299 g/mol. The molecule has 2 N–H and O–H groups in total. The highest BCUT2D eigenvalue weighted by Crippen LogP contribution is 2.15. The molecule has 5 nitrogen and oxygen atoms in total. The lowest BCUT2D eigenvalue weighted by molar-refractivity contribution is -0.131. The van der Waals surface area contributed by atoms with Crippen LogP contribution in [-0.4, -0.2) is 31.1 Å². The van der Waals surface area contributed by atoms with Crippen LogP contribution in [-0.2, 0) is 9.53 Å². The van der Waals surface area contributed by atoms with Crippen LogP contribution in [0.25, 0.3) is 0 Å². The van der Waals surface area contributed by atoms with E-state index in [1.807, 2.05) is 42.5 Å². The number of hydrogen-bond donors (Lipinski definition) is 2. The van der Waals surface area contributed by atoms with Crippen LogP contribution >= 0.6 is 0 Å². The topological polar surface area (TPSA) is 63.2 Å². The standard InChI is InChI=1S/C17H21N3O2/c1-22-16(14-7-3-2-4-8-14)17(21)20-12-6-11-19-15-9-5-10-18-13-15/h2-5,7-10,13,16,19H,6,11-12H2,1H3,(H,20,21). The van der Waals surface area contributed by atoms with Crippen molar-refractivity contribution in [3.8, 4) is 0 Å². The number of benzene rings is 1. The first kappa shape index (κ1) is 16.0. The van der Waals surface area contributed by atoms with Crippen LogP contribution in [0.2, 0.25) is 0 Å². The Morgan fingerprint density at radius 3 is 2.68 bits per heavy atom. The molecule has 1 unspecified atom stereocenters. The molecule has 1 atom stereocenters. The highest BCUT2D eigenvalue weighted by atomic mass is 16.5. The van der Waals surface area contributed by atoms with E-state index < -0.39 is 6.10 Å². The number of methoxy groups -OCH3 is 1. The number of hydrogen-bond acceptors (Lipinski definition) is 4. The van der Waals surface area contributed by atoms with Crippen molar-refractivity contribution < 1.29 is 9.53 Å². The largest absolute Gasteiger partial charge is 0.384 e. The molecule has 0 aliphatic heterocycles. The van der Waals surface area contributed by atoms with Crippen LogP contribution in [0.5, 0.6) is 0 Å². The summed E-state index contributed by atoms with van der Waals surface area (Å²) in [7, 11) is 1.54.